The Hall–Kier alpha value is -1.55. The molecule has 4 nitrogen and oxygen atoms in total. The molecule has 0 spiro atoms. The Morgan fingerprint density at radius 3 is 2.70 bits per heavy atom. The molecule has 1 N–H and O–H groups in total. The summed E-state index contributed by atoms with van der Waals surface area (Å²) in [4.78, 5) is 14.2. The van der Waals surface area contributed by atoms with Crippen LogP contribution in [0.25, 0.3) is 0 Å². The summed E-state index contributed by atoms with van der Waals surface area (Å²) in [5, 5.41) is 3.30. The summed E-state index contributed by atoms with van der Waals surface area (Å²) in [6.45, 7) is 6.88. The van der Waals surface area contributed by atoms with Crippen LogP contribution in [0.5, 0.6) is 5.75 Å². The largest absolute Gasteiger partial charge is 0.496 e. The van der Waals surface area contributed by atoms with Gasteiger partial charge in [-0.25, -0.2) is 0 Å². The molecule has 1 saturated heterocycles. The average molecular weight is 276 g/mol. The van der Waals surface area contributed by atoms with Crippen molar-refractivity contribution in [3.05, 3.63) is 29.8 Å². The van der Waals surface area contributed by atoms with Gasteiger partial charge < -0.3 is 9.64 Å². The van der Waals surface area contributed by atoms with E-state index in [-0.39, 0.29) is 18.1 Å². The van der Waals surface area contributed by atoms with Crippen molar-refractivity contribution in [3.63, 3.8) is 0 Å². The number of nitrogens with zero attached hydrogens (tertiary/aromatic N) is 1. The molecule has 1 heterocycles. The third-order valence-electron chi connectivity index (χ3n) is 3.73. The lowest BCUT2D eigenvalue weighted by Gasteiger charge is -2.32. The van der Waals surface area contributed by atoms with Crippen molar-refractivity contribution in [1.29, 1.82) is 0 Å². The van der Waals surface area contributed by atoms with Gasteiger partial charge >= 0.3 is 0 Å². The first-order chi connectivity index (χ1) is 9.54. The van der Waals surface area contributed by atoms with Crippen molar-refractivity contribution < 1.29 is 9.53 Å². The quantitative estimate of drug-likeness (QED) is 0.898. The number of methoxy groups -OCH3 is 1. The van der Waals surface area contributed by atoms with Crippen molar-refractivity contribution in [2.24, 2.45) is 5.92 Å². The second kappa shape index (κ2) is 6.27. The molecule has 4 heteroatoms. The molecule has 1 amide bonds. The summed E-state index contributed by atoms with van der Waals surface area (Å²) in [5.41, 5.74) is 1.02. The molecule has 0 aliphatic carbocycles. The summed E-state index contributed by atoms with van der Waals surface area (Å²) < 4.78 is 5.42. The van der Waals surface area contributed by atoms with E-state index in [2.05, 4.69) is 26.1 Å². The summed E-state index contributed by atoms with van der Waals surface area (Å²) >= 11 is 0. The van der Waals surface area contributed by atoms with Crippen molar-refractivity contribution in [3.8, 4) is 5.75 Å². The number of para-hydroxylation sites is 1. The fourth-order valence-corrected chi connectivity index (χ4v) is 2.97. The van der Waals surface area contributed by atoms with Crippen LogP contribution in [0.4, 0.5) is 0 Å². The molecular weight excluding hydrogens is 252 g/mol. The molecule has 1 aliphatic heterocycles. The number of ether oxygens (including phenoxy) is 1. The Morgan fingerprint density at radius 2 is 2.05 bits per heavy atom. The van der Waals surface area contributed by atoms with Crippen LogP contribution in [0, 0.1) is 5.92 Å². The number of rotatable bonds is 5. The van der Waals surface area contributed by atoms with Gasteiger partial charge in [0.1, 0.15) is 11.9 Å². The zero-order valence-electron chi connectivity index (χ0n) is 12.7. The van der Waals surface area contributed by atoms with Gasteiger partial charge in [0.15, 0.2) is 0 Å². The van der Waals surface area contributed by atoms with Crippen LogP contribution in [0.1, 0.15) is 38.9 Å². The maximum Gasteiger partial charge on any atom is 0.238 e. The Balaban J connectivity index is 2.27. The van der Waals surface area contributed by atoms with Crippen LogP contribution in [-0.2, 0) is 4.79 Å². The van der Waals surface area contributed by atoms with E-state index < -0.39 is 0 Å². The predicted octanol–water partition coefficient (Wildman–Crippen LogP) is 2.56. The highest BCUT2D eigenvalue weighted by molar-refractivity contribution is 5.81. The third kappa shape index (κ3) is 2.96. The van der Waals surface area contributed by atoms with E-state index in [1.807, 2.05) is 29.2 Å². The first-order valence-corrected chi connectivity index (χ1v) is 7.22. The van der Waals surface area contributed by atoms with Crippen molar-refractivity contribution in [1.82, 2.24) is 10.2 Å². The molecule has 0 aromatic heterocycles. The average Bonchev–Trinajstić information content (AvgIpc) is 2.79. The highest BCUT2D eigenvalue weighted by Gasteiger charge is 2.36. The van der Waals surface area contributed by atoms with E-state index >= 15 is 0 Å². The van der Waals surface area contributed by atoms with Gasteiger partial charge in [0.25, 0.3) is 0 Å². The normalized spacial score (nSPS) is 20.6. The highest BCUT2D eigenvalue weighted by atomic mass is 16.5. The standard InChI is InChI=1S/C16H24N2O2/c1-11(2)9-12(3)18-15(19)10-17-16(18)13-7-5-6-8-14(13)20-4/h5-8,11-12,16-17H,9-10H2,1-4H3. The minimum Gasteiger partial charge on any atom is -0.496 e. The summed E-state index contributed by atoms with van der Waals surface area (Å²) in [5.74, 6) is 1.55. The Morgan fingerprint density at radius 1 is 1.35 bits per heavy atom. The Labute approximate surface area is 121 Å². The molecule has 0 saturated carbocycles. The smallest absolute Gasteiger partial charge is 0.238 e. The summed E-state index contributed by atoms with van der Waals surface area (Å²) in [6.07, 6.45) is 0.909. The minimum atomic E-state index is -0.0904. The van der Waals surface area contributed by atoms with Gasteiger partial charge in [-0.1, -0.05) is 32.0 Å². The zero-order valence-corrected chi connectivity index (χ0v) is 12.7. The van der Waals surface area contributed by atoms with Gasteiger partial charge in [0.2, 0.25) is 5.91 Å². The van der Waals surface area contributed by atoms with Gasteiger partial charge in [-0.3, -0.25) is 10.1 Å². The number of hydrogen-bond donors (Lipinski definition) is 1. The van der Waals surface area contributed by atoms with Crippen LogP contribution in [0.2, 0.25) is 0 Å². The van der Waals surface area contributed by atoms with E-state index in [0.717, 1.165) is 17.7 Å². The first-order valence-electron chi connectivity index (χ1n) is 7.22. The molecule has 110 valence electrons. The second-order valence-electron chi connectivity index (χ2n) is 5.80. The molecule has 0 bridgehead atoms. The Kier molecular flexibility index (Phi) is 4.65. The summed E-state index contributed by atoms with van der Waals surface area (Å²) in [6, 6.07) is 8.09. The van der Waals surface area contributed by atoms with Crippen LogP contribution in [-0.4, -0.2) is 30.5 Å². The molecule has 2 unspecified atom stereocenters. The van der Waals surface area contributed by atoms with Crippen molar-refractivity contribution >= 4 is 5.91 Å². The summed E-state index contributed by atoms with van der Waals surface area (Å²) in [7, 11) is 1.66. The van der Waals surface area contributed by atoms with E-state index in [1.165, 1.54) is 0 Å². The highest BCUT2D eigenvalue weighted by Crippen LogP contribution is 2.32. The van der Waals surface area contributed by atoms with E-state index in [4.69, 9.17) is 4.74 Å². The molecule has 2 atom stereocenters. The molecule has 1 aromatic carbocycles. The van der Waals surface area contributed by atoms with Gasteiger partial charge in [0.05, 0.1) is 13.7 Å². The van der Waals surface area contributed by atoms with Crippen molar-refractivity contribution in [2.45, 2.75) is 39.4 Å². The number of carbonyl (C=O) groups is 1. The van der Waals surface area contributed by atoms with Gasteiger partial charge in [-0.2, -0.15) is 0 Å². The van der Waals surface area contributed by atoms with Crippen LogP contribution < -0.4 is 10.1 Å². The maximum atomic E-state index is 12.2. The van der Waals surface area contributed by atoms with E-state index in [0.29, 0.717) is 12.5 Å². The molecule has 1 fully saturated rings. The molecule has 1 aromatic rings. The fraction of sp³-hybridized carbons (Fsp3) is 0.562. The maximum absolute atomic E-state index is 12.2. The molecule has 20 heavy (non-hydrogen) atoms. The first kappa shape index (κ1) is 14.9. The van der Waals surface area contributed by atoms with Gasteiger partial charge in [-0.05, 0) is 25.3 Å². The third-order valence-corrected chi connectivity index (χ3v) is 3.73. The van der Waals surface area contributed by atoms with Gasteiger partial charge in [-0.15, -0.1) is 0 Å². The van der Waals surface area contributed by atoms with E-state index in [9.17, 15) is 4.79 Å². The van der Waals surface area contributed by atoms with Crippen LogP contribution >= 0.6 is 0 Å². The number of carbonyl (C=O) groups excluding carboxylic acids is 1. The van der Waals surface area contributed by atoms with Crippen LogP contribution in [0.15, 0.2) is 24.3 Å². The van der Waals surface area contributed by atoms with Crippen molar-refractivity contribution in [2.75, 3.05) is 13.7 Å². The predicted molar refractivity (Wildman–Crippen MR) is 79.5 cm³/mol. The van der Waals surface area contributed by atoms with Crippen LogP contribution in [0.3, 0.4) is 0 Å². The molecular formula is C16H24N2O2. The molecule has 2 rings (SSSR count). The number of hydrogen-bond acceptors (Lipinski definition) is 3. The SMILES string of the molecule is COc1ccccc1C1NCC(=O)N1C(C)CC(C)C. The second-order valence-corrected chi connectivity index (χ2v) is 5.80. The lowest BCUT2D eigenvalue weighted by molar-refractivity contribution is -0.130. The monoisotopic (exact) mass is 276 g/mol. The molecule has 0 radical (unpaired) electrons. The minimum absolute atomic E-state index is 0.0904. The Bertz CT molecular complexity index is 473. The number of amides is 1. The van der Waals surface area contributed by atoms with Gasteiger partial charge in [0, 0.05) is 11.6 Å². The zero-order chi connectivity index (χ0) is 14.7. The topological polar surface area (TPSA) is 41.6 Å². The molecule has 1 aliphatic rings. The fourth-order valence-electron chi connectivity index (χ4n) is 2.97. The number of benzene rings is 1. The lowest BCUT2D eigenvalue weighted by atomic mass is 10.0. The number of nitrogens with one attached hydrogen (secondary N) is 1. The van der Waals surface area contributed by atoms with E-state index in [1.54, 1.807) is 7.11 Å². The lowest BCUT2D eigenvalue weighted by Crippen LogP contribution is -2.38.